The van der Waals surface area contributed by atoms with E-state index >= 15 is 0 Å². The van der Waals surface area contributed by atoms with E-state index in [0.29, 0.717) is 30.6 Å². The Bertz CT molecular complexity index is 745. The number of hydrogen-bond acceptors (Lipinski definition) is 2. The zero-order valence-corrected chi connectivity index (χ0v) is 13.0. The molecule has 3 fully saturated rings. The van der Waals surface area contributed by atoms with Crippen LogP contribution in [0, 0.1) is 28.6 Å². The average molecular weight is 299 g/mol. The molecule has 0 amide bonds. The fourth-order valence-electron chi connectivity index (χ4n) is 5.63. The highest BCUT2D eigenvalue weighted by Gasteiger charge is 2.59. The molecule has 0 bridgehead atoms. The fourth-order valence-corrected chi connectivity index (χ4v) is 5.63. The van der Waals surface area contributed by atoms with E-state index in [9.17, 15) is 9.59 Å². The lowest BCUT2D eigenvalue weighted by atomic mass is 9.48. The highest BCUT2D eigenvalue weighted by molar-refractivity contribution is 6.02. The number of carbonyl (C=O) groups is 2. The molecule has 2 nitrogen and oxygen atoms in total. The van der Waals surface area contributed by atoms with Crippen molar-refractivity contribution >= 4 is 11.6 Å². The number of carbonyl (C=O) groups excluding carboxylic acids is 2. The van der Waals surface area contributed by atoms with Crippen LogP contribution < -0.4 is 0 Å². The summed E-state index contributed by atoms with van der Waals surface area (Å²) in [6.07, 6.45) is 8.15. The Kier molecular flexibility index (Phi) is 2.18. The molecule has 0 radical (unpaired) electrons. The van der Waals surface area contributed by atoms with Gasteiger partial charge >= 0.3 is 0 Å². The molecule has 22 heavy (non-hydrogen) atoms. The standard InChI is InChI=1S/C20H24O2/c1-12-10-14-15-4-5-18(22)20(15,3)9-7-16(14)19(2)8-6-13(21)11-17(12)19/h6,8,11,14-16H,1,4-5,7,9-10H2,2-3H3/t14-,15-,16-,19+,20-/m0/s1/i2D3. The summed E-state index contributed by atoms with van der Waals surface area (Å²) in [7, 11) is 0. The van der Waals surface area contributed by atoms with Crippen molar-refractivity contribution in [2.75, 3.05) is 0 Å². The molecule has 0 spiro atoms. The van der Waals surface area contributed by atoms with Crippen molar-refractivity contribution in [2.45, 2.75) is 45.9 Å². The van der Waals surface area contributed by atoms with Crippen molar-refractivity contribution in [3.63, 3.8) is 0 Å². The molecule has 0 aromatic rings. The van der Waals surface area contributed by atoms with E-state index in [1.165, 1.54) is 12.2 Å². The summed E-state index contributed by atoms with van der Waals surface area (Å²) in [4.78, 5) is 24.4. The highest BCUT2D eigenvalue weighted by atomic mass is 16.1. The molecule has 3 saturated carbocycles. The SMILES string of the molecule is [2H]C([2H])([2H])[C@]12C=CC(=O)C=C1C(=C)C[C@H]1[C@@H]3CCC(=O)[C@@]3(C)CC[C@@H]12. The third-order valence-electron chi connectivity index (χ3n) is 6.84. The molecule has 5 atom stereocenters. The lowest BCUT2D eigenvalue weighted by molar-refractivity contribution is -0.131. The Morgan fingerprint density at radius 2 is 2.14 bits per heavy atom. The lowest BCUT2D eigenvalue weighted by Crippen LogP contribution is -2.50. The predicted molar refractivity (Wildman–Crippen MR) is 86.1 cm³/mol. The maximum atomic E-state index is 12.5. The van der Waals surface area contributed by atoms with Gasteiger partial charge in [-0.2, -0.15) is 0 Å². The van der Waals surface area contributed by atoms with E-state index in [-0.39, 0.29) is 29.0 Å². The van der Waals surface area contributed by atoms with Crippen LogP contribution in [0.2, 0.25) is 0 Å². The second-order valence-corrected chi connectivity index (χ2v) is 7.77. The number of rotatable bonds is 0. The van der Waals surface area contributed by atoms with Gasteiger partial charge < -0.3 is 0 Å². The van der Waals surface area contributed by atoms with Crippen molar-refractivity contribution in [1.82, 2.24) is 0 Å². The normalized spacial score (nSPS) is 49.5. The van der Waals surface area contributed by atoms with Gasteiger partial charge in [0.25, 0.3) is 0 Å². The molecule has 4 aliphatic rings. The molecule has 0 aliphatic heterocycles. The van der Waals surface area contributed by atoms with Crippen LogP contribution in [0.25, 0.3) is 0 Å². The third-order valence-corrected chi connectivity index (χ3v) is 6.84. The first-order valence-corrected chi connectivity index (χ1v) is 8.28. The van der Waals surface area contributed by atoms with Gasteiger partial charge in [0.1, 0.15) is 5.78 Å². The lowest BCUT2D eigenvalue weighted by Gasteiger charge is -2.56. The van der Waals surface area contributed by atoms with E-state index in [0.717, 1.165) is 18.4 Å². The van der Waals surface area contributed by atoms with E-state index in [1.54, 1.807) is 6.08 Å². The minimum atomic E-state index is -2.24. The first-order chi connectivity index (χ1) is 11.6. The molecule has 0 unspecified atom stereocenters. The Morgan fingerprint density at radius 1 is 1.32 bits per heavy atom. The van der Waals surface area contributed by atoms with Crippen LogP contribution >= 0.6 is 0 Å². The molecule has 2 heteroatoms. The monoisotopic (exact) mass is 299 g/mol. The van der Waals surface area contributed by atoms with E-state index in [2.05, 4.69) is 13.5 Å². The van der Waals surface area contributed by atoms with Crippen LogP contribution in [0.3, 0.4) is 0 Å². The van der Waals surface area contributed by atoms with Crippen LogP contribution in [0.4, 0.5) is 0 Å². The number of Topliss-reactive ketones (excluding diaryl/α,β-unsaturated/α-hetero) is 1. The van der Waals surface area contributed by atoms with E-state index in [4.69, 9.17) is 4.11 Å². The quantitative estimate of drug-likeness (QED) is 0.677. The number of fused-ring (bicyclic) bond motifs is 5. The largest absolute Gasteiger partial charge is 0.299 e. The second kappa shape index (κ2) is 4.31. The third kappa shape index (κ3) is 1.61. The van der Waals surface area contributed by atoms with Crippen LogP contribution in [0.15, 0.2) is 36.0 Å². The summed E-state index contributed by atoms with van der Waals surface area (Å²) in [5, 5.41) is 0. The van der Waals surface area contributed by atoms with E-state index in [1.807, 2.05) is 0 Å². The number of ketones is 2. The topological polar surface area (TPSA) is 34.1 Å². The molecule has 0 aromatic carbocycles. The van der Waals surface area contributed by atoms with Crippen molar-refractivity contribution in [2.24, 2.45) is 28.6 Å². The molecule has 4 rings (SSSR count). The molecular formula is C20H24O2. The van der Waals surface area contributed by atoms with Crippen molar-refractivity contribution < 1.29 is 13.7 Å². The molecule has 0 N–H and O–H groups in total. The highest BCUT2D eigenvalue weighted by Crippen LogP contribution is 2.64. The van der Waals surface area contributed by atoms with Crippen LogP contribution in [-0.4, -0.2) is 11.6 Å². The summed E-state index contributed by atoms with van der Waals surface area (Å²) in [6.45, 7) is 3.98. The zero-order chi connectivity index (χ0) is 18.2. The molecule has 116 valence electrons. The zero-order valence-electron chi connectivity index (χ0n) is 16.0. The second-order valence-electron chi connectivity index (χ2n) is 7.77. The molecule has 4 aliphatic carbocycles. The van der Waals surface area contributed by atoms with Crippen molar-refractivity contribution in [3.05, 3.63) is 36.0 Å². The Morgan fingerprint density at radius 3 is 2.91 bits per heavy atom. The van der Waals surface area contributed by atoms with Crippen LogP contribution in [-0.2, 0) is 9.59 Å². The van der Waals surface area contributed by atoms with Crippen molar-refractivity contribution in [3.8, 4) is 0 Å². The fraction of sp³-hybridized carbons (Fsp3) is 0.600. The van der Waals surface area contributed by atoms with Gasteiger partial charge in [-0.1, -0.05) is 32.0 Å². The number of allylic oxidation sites excluding steroid dienone is 5. The van der Waals surface area contributed by atoms with Gasteiger partial charge in [0.05, 0.1) is 0 Å². The van der Waals surface area contributed by atoms with Gasteiger partial charge in [0, 0.05) is 21.4 Å². The van der Waals surface area contributed by atoms with Crippen molar-refractivity contribution in [1.29, 1.82) is 0 Å². The Balaban J connectivity index is 1.87. The summed E-state index contributed by atoms with van der Waals surface area (Å²) in [5.74, 6) is 0.479. The Hall–Kier alpha value is -1.44. The van der Waals surface area contributed by atoms with Crippen LogP contribution in [0.5, 0.6) is 0 Å². The first kappa shape index (κ1) is 11.2. The van der Waals surface area contributed by atoms with Crippen LogP contribution in [0.1, 0.15) is 50.0 Å². The van der Waals surface area contributed by atoms with E-state index < -0.39 is 12.3 Å². The van der Waals surface area contributed by atoms with Gasteiger partial charge in [0.2, 0.25) is 0 Å². The van der Waals surface area contributed by atoms with Gasteiger partial charge in [-0.15, -0.1) is 0 Å². The smallest absolute Gasteiger partial charge is 0.178 e. The predicted octanol–water partition coefficient (Wildman–Crippen LogP) is 4.03. The molecule has 0 saturated heterocycles. The minimum absolute atomic E-state index is 0.0647. The van der Waals surface area contributed by atoms with Gasteiger partial charge in [-0.05, 0) is 61.2 Å². The maximum absolute atomic E-state index is 12.5. The van der Waals surface area contributed by atoms with Gasteiger partial charge in [-0.3, -0.25) is 9.59 Å². The number of hydrogen-bond donors (Lipinski definition) is 0. The summed E-state index contributed by atoms with van der Waals surface area (Å²) in [5.41, 5.74) is -0.0754. The minimum Gasteiger partial charge on any atom is -0.299 e. The molecule has 0 heterocycles. The average Bonchev–Trinajstić information content (AvgIpc) is 2.82. The summed E-state index contributed by atoms with van der Waals surface area (Å²) >= 11 is 0. The molecular weight excluding hydrogens is 272 g/mol. The summed E-state index contributed by atoms with van der Waals surface area (Å²) < 4.78 is 25.0. The van der Waals surface area contributed by atoms with Gasteiger partial charge in [-0.25, -0.2) is 0 Å². The summed E-state index contributed by atoms with van der Waals surface area (Å²) in [6, 6.07) is 0. The Labute approximate surface area is 136 Å². The molecule has 0 aromatic heterocycles. The van der Waals surface area contributed by atoms with Gasteiger partial charge in [0.15, 0.2) is 5.78 Å². The maximum Gasteiger partial charge on any atom is 0.178 e. The first-order valence-electron chi connectivity index (χ1n) is 9.78.